The molecule has 2 aliphatic rings. The molecule has 2 fully saturated rings. The lowest BCUT2D eigenvalue weighted by molar-refractivity contribution is -0.125. The van der Waals surface area contributed by atoms with E-state index >= 15 is 0 Å². The molecule has 134 valence electrons. The van der Waals surface area contributed by atoms with Crippen LogP contribution in [0.5, 0.6) is 0 Å². The van der Waals surface area contributed by atoms with Crippen LogP contribution in [-0.4, -0.2) is 49.7 Å². The first-order chi connectivity index (χ1) is 12.2. The number of hydrogen-bond donors (Lipinski definition) is 1. The molecule has 3 heterocycles. The van der Waals surface area contributed by atoms with Gasteiger partial charge in [0.15, 0.2) is 5.69 Å². The first-order valence-corrected chi connectivity index (χ1v) is 8.95. The fraction of sp³-hybridized carbons (Fsp3) is 0.647. The Bertz CT molecular complexity index is 716. The summed E-state index contributed by atoms with van der Waals surface area (Å²) < 4.78 is 9.19. The number of nitrogens with zero attached hydrogens (tertiary/aromatic N) is 5. The molecule has 1 aliphatic carbocycles. The minimum atomic E-state index is -0.154. The van der Waals surface area contributed by atoms with E-state index in [0.29, 0.717) is 5.69 Å². The van der Waals surface area contributed by atoms with Crippen LogP contribution in [0.25, 0.3) is 0 Å². The van der Waals surface area contributed by atoms with E-state index in [2.05, 4.69) is 32.1 Å². The van der Waals surface area contributed by atoms with Crippen LogP contribution < -0.4 is 5.32 Å². The lowest BCUT2D eigenvalue weighted by Crippen LogP contribution is -2.45. The first kappa shape index (κ1) is 16.3. The van der Waals surface area contributed by atoms with Crippen LogP contribution in [-0.2, 0) is 11.3 Å². The molecule has 2 aromatic heterocycles. The van der Waals surface area contributed by atoms with E-state index in [-0.39, 0.29) is 23.4 Å². The highest BCUT2D eigenvalue weighted by atomic mass is 16.5. The van der Waals surface area contributed by atoms with Gasteiger partial charge in [0.25, 0.3) is 5.91 Å². The second-order valence-corrected chi connectivity index (χ2v) is 7.24. The summed E-state index contributed by atoms with van der Waals surface area (Å²) in [7, 11) is 0. The Morgan fingerprint density at radius 2 is 2.32 bits per heavy atom. The normalized spacial score (nSPS) is 24.8. The van der Waals surface area contributed by atoms with E-state index in [9.17, 15) is 4.79 Å². The molecule has 0 radical (unpaired) electrons. The quantitative estimate of drug-likeness (QED) is 0.856. The van der Waals surface area contributed by atoms with Crippen molar-refractivity contribution in [2.24, 2.45) is 5.41 Å². The van der Waals surface area contributed by atoms with Crippen molar-refractivity contribution < 1.29 is 9.53 Å². The molecule has 1 aliphatic heterocycles. The van der Waals surface area contributed by atoms with Crippen molar-refractivity contribution in [2.45, 2.75) is 51.2 Å². The molecule has 1 saturated heterocycles. The van der Waals surface area contributed by atoms with Crippen molar-refractivity contribution in [3.63, 3.8) is 0 Å². The summed E-state index contributed by atoms with van der Waals surface area (Å²) in [5, 5.41) is 11.3. The van der Waals surface area contributed by atoms with Crippen LogP contribution in [0.2, 0.25) is 0 Å². The van der Waals surface area contributed by atoms with Crippen LogP contribution in [0, 0.1) is 5.41 Å². The number of nitrogens with one attached hydrogen (secondary N) is 1. The van der Waals surface area contributed by atoms with Crippen molar-refractivity contribution in [1.82, 2.24) is 29.9 Å². The second kappa shape index (κ2) is 6.59. The molecule has 0 spiro atoms. The third-order valence-electron chi connectivity index (χ3n) is 5.54. The fourth-order valence-electron chi connectivity index (χ4n) is 3.79. The lowest BCUT2D eigenvalue weighted by Gasteiger charge is -2.40. The number of hydrogen-bond acceptors (Lipinski definition) is 5. The fourth-order valence-corrected chi connectivity index (χ4v) is 3.79. The maximum atomic E-state index is 12.6. The number of aromatic nitrogens is 5. The lowest BCUT2D eigenvalue weighted by atomic mass is 9.83. The van der Waals surface area contributed by atoms with Gasteiger partial charge >= 0.3 is 0 Å². The number of amides is 1. The molecule has 0 unspecified atom stereocenters. The largest absolute Gasteiger partial charge is 0.380 e. The standard InChI is InChI=1S/C17H24N6O2/c1-2-17(10-25-11-17)9-23-8-14(20-21-23)16(24)19-13-4-3-5-15(13)22-7-6-18-12-22/h6-8,12-13,15H,2-5,9-11H2,1H3,(H,19,24)/t13-,15+/m1/s1. The number of imidazole rings is 1. The average molecular weight is 344 g/mol. The Morgan fingerprint density at radius 1 is 1.44 bits per heavy atom. The Balaban J connectivity index is 1.40. The Labute approximate surface area is 146 Å². The SMILES string of the molecule is CCC1(Cn2cc(C(=O)N[C@@H]3CCC[C@@H]3n3ccnc3)nn2)COC1. The van der Waals surface area contributed by atoms with E-state index in [4.69, 9.17) is 4.74 Å². The zero-order chi connectivity index (χ0) is 17.3. The van der Waals surface area contributed by atoms with Crippen LogP contribution >= 0.6 is 0 Å². The van der Waals surface area contributed by atoms with E-state index in [0.717, 1.165) is 45.4 Å². The molecule has 0 bridgehead atoms. The minimum absolute atomic E-state index is 0.105. The number of rotatable bonds is 6. The smallest absolute Gasteiger partial charge is 0.273 e. The van der Waals surface area contributed by atoms with Gasteiger partial charge in [-0.3, -0.25) is 9.48 Å². The molecular formula is C17H24N6O2. The monoisotopic (exact) mass is 344 g/mol. The zero-order valence-corrected chi connectivity index (χ0v) is 14.5. The van der Waals surface area contributed by atoms with Crippen LogP contribution in [0.15, 0.2) is 24.9 Å². The summed E-state index contributed by atoms with van der Waals surface area (Å²) in [4.78, 5) is 16.7. The second-order valence-electron chi connectivity index (χ2n) is 7.24. The van der Waals surface area contributed by atoms with Crippen LogP contribution in [0.3, 0.4) is 0 Å². The zero-order valence-electron chi connectivity index (χ0n) is 14.5. The molecule has 1 N–H and O–H groups in total. The molecule has 25 heavy (non-hydrogen) atoms. The van der Waals surface area contributed by atoms with Gasteiger partial charge in [-0.25, -0.2) is 4.98 Å². The molecule has 4 rings (SSSR count). The van der Waals surface area contributed by atoms with Gasteiger partial charge < -0.3 is 14.6 Å². The number of carbonyl (C=O) groups excluding carboxylic acids is 1. The van der Waals surface area contributed by atoms with E-state index in [1.807, 2.05) is 12.5 Å². The topological polar surface area (TPSA) is 86.9 Å². The van der Waals surface area contributed by atoms with Gasteiger partial charge in [-0.15, -0.1) is 5.10 Å². The minimum Gasteiger partial charge on any atom is -0.380 e. The summed E-state index contributed by atoms with van der Waals surface area (Å²) in [5.41, 5.74) is 0.516. The first-order valence-electron chi connectivity index (χ1n) is 8.95. The Morgan fingerprint density at radius 3 is 3.00 bits per heavy atom. The van der Waals surface area contributed by atoms with Gasteiger partial charge in [-0.1, -0.05) is 12.1 Å². The highest BCUT2D eigenvalue weighted by Gasteiger charge is 2.38. The van der Waals surface area contributed by atoms with Crippen molar-refractivity contribution in [1.29, 1.82) is 0 Å². The van der Waals surface area contributed by atoms with Gasteiger partial charge in [-0.05, 0) is 25.7 Å². The molecule has 1 amide bonds. The van der Waals surface area contributed by atoms with Crippen molar-refractivity contribution in [3.8, 4) is 0 Å². The van der Waals surface area contributed by atoms with Crippen LogP contribution in [0.1, 0.15) is 49.1 Å². The van der Waals surface area contributed by atoms with Crippen molar-refractivity contribution in [3.05, 3.63) is 30.6 Å². The van der Waals surface area contributed by atoms with E-state index in [1.165, 1.54) is 0 Å². The summed E-state index contributed by atoms with van der Waals surface area (Å²) in [6.07, 6.45) is 11.4. The van der Waals surface area contributed by atoms with Crippen molar-refractivity contribution >= 4 is 5.91 Å². The summed E-state index contributed by atoms with van der Waals surface area (Å²) >= 11 is 0. The predicted octanol–water partition coefficient (Wildman–Crippen LogP) is 1.42. The van der Waals surface area contributed by atoms with E-state index in [1.54, 1.807) is 17.1 Å². The maximum Gasteiger partial charge on any atom is 0.273 e. The number of carbonyl (C=O) groups is 1. The highest BCUT2D eigenvalue weighted by molar-refractivity contribution is 5.92. The predicted molar refractivity (Wildman–Crippen MR) is 89.9 cm³/mol. The van der Waals surface area contributed by atoms with Gasteiger partial charge in [0.2, 0.25) is 0 Å². The Hall–Kier alpha value is -2.22. The van der Waals surface area contributed by atoms with Gasteiger partial charge in [0.05, 0.1) is 38.3 Å². The number of ether oxygens (including phenoxy) is 1. The summed E-state index contributed by atoms with van der Waals surface area (Å²) in [6.45, 7) is 4.40. The van der Waals surface area contributed by atoms with Gasteiger partial charge in [0, 0.05) is 23.9 Å². The third-order valence-corrected chi connectivity index (χ3v) is 5.54. The van der Waals surface area contributed by atoms with E-state index < -0.39 is 0 Å². The molecule has 8 nitrogen and oxygen atoms in total. The molecule has 1 saturated carbocycles. The van der Waals surface area contributed by atoms with Gasteiger partial charge in [-0.2, -0.15) is 0 Å². The third kappa shape index (κ3) is 3.18. The molecule has 8 heteroatoms. The molecule has 2 atom stereocenters. The maximum absolute atomic E-state index is 12.6. The van der Waals surface area contributed by atoms with Gasteiger partial charge in [0.1, 0.15) is 0 Å². The highest BCUT2D eigenvalue weighted by Crippen LogP contribution is 2.33. The summed E-state index contributed by atoms with van der Waals surface area (Å²) in [5.74, 6) is -0.154. The molecule has 0 aromatic carbocycles. The average Bonchev–Trinajstić information content (AvgIpc) is 3.31. The van der Waals surface area contributed by atoms with Crippen molar-refractivity contribution in [2.75, 3.05) is 13.2 Å². The molecular weight excluding hydrogens is 320 g/mol. The molecule has 2 aromatic rings. The van der Waals surface area contributed by atoms with Crippen LogP contribution in [0.4, 0.5) is 0 Å². The summed E-state index contributed by atoms with van der Waals surface area (Å²) in [6, 6.07) is 0.367. The Kier molecular flexibility index (Phi) is 4.29.